The Balaban J connectivity index is 2.44. The molecule has 0 heterocycles. The van der Waals surface area contributed by atoms with Crippen molar-refractivity contribution in [1.29, 1.82) is 0 Å². The van der Waals surface area contributed by atoms with Gasteiger partial charge in [0.1, 0.15) is 0 Å². The summed E-state index contributed by atoms with van der Waals surface area (Å²) in [6, 6.07) is 13.0. The van der Waals surface area contributed by atoms with Crippen LogP contribution in [0.25, 0.3) is 0 Å². The largest absolute Gasteiger partial charge is 0.295 e. The topological polar surface area (TPSA) is 54.5 Å². The second-order valence-corrected chi connectivity index (χ2v) is 6.71. The molecule has 0 atom stereocenters. The van der Waals surface area contributed by atoms with E-state index in [0.717, 1.165) is 9.87 Å². The summed E-state index contributed by atoms with van der Waals surface area (Å²) >= 11 is 0. The van der Waals surface area contributed by atoms with Crippen molar-refractivity contribution in [1.82, 2.24) is 0 Å². The third-order valence-electron chi connectivity index (χ3n) is 3.27. The molecule has 0 spiro atoms. The molecule has 4 nitrogen and oxygen atoms in total. The fourth-order valence-electron chi connectivity index (χ4n) is 2.01. The zero-order valence-corrected chi connectivity index (χ0v) is 13.3. The molecule has 0 radical (unpaired) electrons. The third-order valence-corrected chi connectivity index (χ3v) is 5.02. The van der Waals surface area contributed by atoms with Crippen molar-refractivity contribution in [2.75, 3.05) is 4.31 Å². The number of rotatable bonds is 5. The van der Waals surface area contributed by atoms with Crippen molar-refractivity contribution in [2.24, 2.45) is 0 Å². The molecular weight excluding hydrogens is 298 g/mol. The molecule has 0 saturated heterocycles. The zero-order chi connectivity index (χ0) is 16.3. The second-order valence-electron chi connectivity index (χ2n) is 4.90. The minimum Gasteiger partial charge on any atom is -0.295 e. The van der Waals surface area contributed by atoms with Crippen molar-refractivity contribution < 1.29 is 13.2 Å². The first-order chi connectivity index (χ1) is 10.4. The highest BCUT2D eigenvalue weighted by Crippen LogP contribution is 2.24. The molecule has 0 fully saturated rings. The average Bonchev–Trinajstić information content (AvgIpc) is 2.48. The lowest BCUT2D eigenvalue weighted by Crippen LogP contribution is -2.25. The molecule has 0 unspecified atom stereocenters. The quantitative estimate of drug-likeness (QED) is 0.793. The smallest absolute Gasteiger partial charge is 0.268 e. The van der Waals surface area contributed by atoms with Gasteiger partial charge >= 0.3 is 0 Å². The lowest BCUT2D eigenvalue weighted by molar-refractivity contribution is 0.101. The van der Waals surface area contributed by atoms with Crippen molar-refractivity contribution in [2.45, 2.75) is 18.7 Å². The van der Waals surface area contributed by atoms with Gasteiger partial charge in [-0.15, -0.1) is 0 Å². The van der Waals surface area contributed by atoms with Crippen molar-refractivity contribution in [3.05, 3.63) is 72.4 Å². The number of nitrogens with zero attached hydrogens (tertiary/aromatic N) is 1. The number of carbonyl (C=O) groups is 1. The molecule has 0 amide bonds. The SMILES string of the molecule is C=CN(c1ccc(C(C)=O)cc1)S(=O)(=O)c1ccc(C)cc1. The minimum atomic E-state index is -3.72. The van der Waals surface area contributed by atoms with Crippen molar-refractivity contribution in [3.8, 4) is 0 Å². The van der Waals surface area contributed by atoms with Crippen LogP contribution in [0.3, 0.4) is 0 Å². The minimum absolute atomic E-state index is 0.0712. The van der Waals surface area contributed by atoms with Crippen LogP contribution in [0.15, 0.2) is 66.2 Å². The van der Waals surface area contributed by atoms with E-state index in [1.807, 2.05) is 6.92 Å². The molecule has 22 heavy (non-hydrogen) atoms. The van der Waals surface area contributed by atoms with Crippen LogP contribution >= 0.6 is 0 Å². The third kappa shape index (κ3) is 3.09. The van der Waals surface area contributed by atoms with E-state index in [0.29, 0.717) is 11.3 Å². The van der Waals surface area contributed by atoms with Crippen molar-refractivity contribution >= 4 is 21.5 Å². The molecule has 2 aromatic rings. The van der Waals surface area contributed by atoms with Crippen LogP contribution < -0.4 is 4.31 Å². The van der Waals surface area contributed by atoms with Gasteiger partial charge in [-0.2, -0.15) is 0 Å². The van der Waals surface area contributed by atoms with E-state index >= 15 is 0 Å². The predicted octanol–water partition coefficient (Wildman–Crippen LogP) is 3.54. The number of hydrogen-bond acceptors (Lipinski definition) is 3. The molecule has 0 aliphatic heterocycles. The maximum atomic E-state index is 12.7. The zero-order valence-electron chi connectivity index (χ0n) is 12.5. The number of anilines is 1. The molecule has 2 rings (SSSR count). The predicted molar refractivity (Wildman–Crippen MR) is 87.5 cm³/mol. The maximum absolute atomic E-state index is 12.7. The van der Waals surface area contributed by atoms with Gasteiger partial charge in [0.2, 0.25) is 0 Å². The van der Waals surface area contributed by atoms with Crippen LogP contribution in [0.1, 0.15) is 22.8 Å². The summed E-state index contributed by atoms with van der Waals surface area (Å²) in [5.74, 6) is -0.0712. The molecule has 0 aliphatic rings. The Kier molecular flexibility index (Phi) is 4.47. The summed E-state index contributed by atoms with van der Waals surface area (Å²) in [5, 5.41) is 0. The van der Waals surface area contributed by atoms with Gasteiger partial charge < -0.3 is 0 Å². The molecular formula is C17H17NO3S. The van der Waals surface area contributed by atoms with Crippen LogP contribution in [-0.4, -0.2) is 14.2 Å². The van der Waals surface area contributed by atoms with Gasteiger partial charge in [0.25, 0.3) is 10.0 Å². The van der Waals surface area contributed by atoms with Crippen LogP contribution in [0.2, 0.25) is 0 Å². The van der Waals surface area contributed by atoms with Gasteiger partial charge in [0.05, 0.1) is 10.6 Å². The normalized spacial score (nSPS) is 11.0. The first-order valence-corrected chi connectivity index (χ1v) is 8.15. The molecule has 5 heteroatoms. The van der Waals surface area contributed by atoms with Gasteiger partial charge in [-0.25, -0.2) is 12.7 Å². The Bertz CT molecular complexity index is 791. The summed E-state index contributed by atoms with van der Waals surface area (Å²) in [4.78, 5) is 11.5. The lowest BCUT2D eigenvalue weighted by atomic mass is 10.1. The van der Waals surface area contributed by atoms with Gasteiger partial charge in [0, 0.05) is 11.8 Å². The van der Waals surface area contributed by atoms with E-state index in [2.05, 4.69) is 6.58 Å². The van der Waals surface area contributed by atoms with Gasteiger partial charge in [-0.1, -0.05) is 24.3 Å². The van der Waals surface area contributed by atoms with E-state index < -0.39 is 10.0 Å². The Morgan fingerprint density at radius 3 is 2.05 bits per heavy atom. The van der Waals surface area contributed by atoms with Crippen molar-refractivity contribution in [3.63, 3.8) is 0 Å². The maximum Gasteiger partial charge on any atom is 0.268 e. The van der Waals surface area contributed by atoms with Gasteiger partial charge in [-0.05, 0) is 50.2 Å². The van der Waals surface area contributed by atoms with E-state index in [-0.39, 0.29) is 10.7 Å². The number of aryl methyl sites for hydroxylation is 1. The van der Waals surface area contributed by atoms with Crippen LogP contribution in [0, 0.1) is 6.92 Å². The molecule has 0 saturated carbocycles. The number of ketones is 1. The van der Waals surface area contributed by atoms with Crippen LogP contribution in [0.4, 0.5) is 5.69 Å². The van der Waals surface area contributed by atoms with Crippen LogP contribution in [-0.2, 0) is 10.0 Å². The Morgan fingerprint density at radius 2 is 1.59 bits per heavy atom. The first-order valence-electron chi connectivity index (χ1n) is 6.71. The number of hydrogen-bond donors (Lipinski definition) is 0. The summed E-state index contributed by atoms with van der Waals surface area (Å²) in [7, 11) is -3.72. The Hall–Kier alpha value is -2.40. The standard InChI is InChI=1S/C17H17NO3S/c1-4-18(16-9-7-15(8-10-16)14(3)19)22(20,21)17-11-5-13(2)6-12-17/h4-12H,1H2,2-3H3. The number of carbonyl (C=O) groups excluding carboxylic acids is 1. The van der Waals surface area contributed by atoms with E-state index in [1.165, 1.54) is 13.1 Å². The second kappa shape index (κ2) is 6.15. The Labute approximate surface area is 130 Å². The summed E-state index contributed by atoms with van der Waals surface area (Å²) in [6.45, 7) is 6.94. The fraction of sp³-hybridized carbons (Fsp3) is 0.118. The number of sulfonamides is 1. The fourth-order valence-corrected chi connectivity index (χ4v) is 3.31. The number of Topliss-reactive ketones (excluding diaryl/α,β-unsaturated/α-hetero) is 1. The highest BCUT2D eigenvalue weighted by atomic mass is 32.2. The summed E-state index contributed by atoms with van der Waals surface area (Å²) < 4.78 is 26.5. The molecule has 114 valence electrons. The molecule has 0 aromatic heterocycles. The van der Waals surface area contributed by atoms with Crippen LogP contribution in [0.5, 0.6) is 0 Å². The molecule has 0 bridgehead atoms. The van der Waals surface area contributed by atoms with Gasteiger partial charge in [-0.3, -0.25) is 4.79 Å². The van der Waals surface area contributed by atoms with E-state index in [9.17, 15) is 13.2 Å². The average molecular weight is 315 g/mol. The Morgan fingerprint density at radius 1 is 1.05 bits per heavy atom. The van der Waals surface area contributed by atoms with E-state index in [1.54, 1.807) is 48.5 Å². The number of benzene rings is 2. The summed E-state index contributed by atoms with van der Waals surface area (Å²) in [5.41, 5.74) is 1.94. The highest BCUT2D eigenvalue weighted by Gasteiger charge is 2.22. The molecule has 0 N–H and O–H groups in total. The summed E-state index contributed by atoms with van der Waals surface area (Å²) in [6.07, 6.45) is 1.25. The van der Waals surface area contributed by atoms with E-state index in [4.69, 9.17) is 0 Å². The van der Waals surface area contributed by atoms with Gasteiger partial charge in [0.15, 0.2) is 5.78 Å². The highest BCUT2D eigenvalue weighted by molar-refractivity contribution is 7.93. The molecule has 2 aromatic carbocycles. The lowest BCUT2D eigenvalue weighted by Gasteiger charge is -2.20. The monoisotopic (exact) mass is 315 g/mol. The first kappa shape index (κ1) is 16.0. The molecule has 0 aliphatic carbocycles.